The molecule has 1 saturated carbocycles. The van der Waals surface area contributed by atoms with Crippen LogP contribution in [0.3, 0.4) is 0 Å². The van der Waals surface area contributed by atoms with Crippen LogP contribution in [0.25, 0.3) is 11.3 Å². The van der Waals surface area contributed by atoms with Crippen LogP contribution in [-0.2, 0) is 0 Å². The lowest BCUT2D eigenvalue weighted by Gasteiger charge is -2.32. The van der Waals surface area contributed by atoms with Crippen LogP contribution in [0.1, 0.15) is 36.2 Å². The number of hydrogen-bond donors (Lipinski definition) is 1. The van der Waals surface area contributed by atoms with Gasteiger partial charge in [-0.1, -0.05) is 0 Å². The largest absolute Gasteiger partial charge is 0.451 e. The summed E-state index contributed by atoms with van der Waals surface area (Å²) in [6, 6.07) is 10.1. The zero-order valence-corrected chi connectivity index (χ0v) is 15.4. The Morgan fingerprint density at radius 3 is 2.42 bits per heavy atom. The van der Waals surface area contributed by atoms with Gasteiger partial charge in [-0.3, -0.25) is 4.79 Å². The summed E-state index contributed by atoms with van der Waals surface area (Å²) in [6.45, 7) is 2.64. The van der Waals surface area contributed by atoms with Gasteiger partial charge >= 0.3 is 0 Å². The maximum absolute atomic E-state index is 13.0. The van der Waals surface area contributed by atoms with Gasteiger partial charge in [-0.2, -0.15) is 0 Å². The number of piperidine rings is 1. The van der Waals surface area contributed by atoms with Gasteiger partial charge in [-0.25, -0.2) is 4.39 Å². The third-order valence-electron chi connectivity index (χ3n) is 5.12. The van der Waals surface area contributed by atoms with Crippen LogP contribution in [-0.4, -0.2) is 36.5 Å². The lowest BCUT2D eigenvalue weighted by Crippen LogP contribution is -2.45. The van der Waals surface area contributed by atoms with Crippen molar-refractivity contribution in [2.45, 2.75) is 31.7 Å². The Balaban J connectivity index is 0.00000196. The van der Waals surface area contributed by atoms with Gasteiger partial charge in [0, 0.05) is 24.7 Å². The molecule has 1 saturated heterocycles. The van der Waals surface area contributed by atoms with Crippen LogP contribution in [0.2, 0.25) is 0 Å². The van der Waals surface area contributed by atoms with Crippen LogP contribution in [0.4, 0.5) is 4.39 Å². The number of hydrogen-bond acceptors (Lipinski definition) is 3. The molecule has 1 amide bonds. The highest BCUT2D eigenvalue weighted by Crippen LogP contribution is 2.28. The van der Waals surface area contributed by atoms with Crippen LogP contribution >= 0.6 is 12.4 Å². The minimum atomic E-state index is -0.287. The SMILES string of the molecule is Cl.O=C(c1ccc(-c2ccc(F)cc2)o1)N1CCC(NCC2CC2)CC1. The number of carbonyl (C=O) groups excluding carboxylic acids is 1. The molecular weight excluding hydrogens is 355 g/mol. The highest BCUT2D eigenvalue weighted by molar-refractivity contribution is 5.92. The van der Waals surface area contributed by atoms with Crippen molar-refractivity contribution >= 4 is 18.3 Å². The molecule has 0 spiro atoms. The van der Waals surface area contributed by atoms with E-state index in [1.807, 2.05) is 4.90 Å². The Kier molecular flexibility index (Phi) is 5.99. The fourth-order valence-electron chi connectivity index (χ4n) is 3.32. The third-order valence-corrected chi connectivity index (χ3v) is 5.12. The van der Waals surface area contributed by atoms with E-state index < -0.39 is 0 Å². The molecule has 0 bridgehead atoms. The molecule has 2 aromatic rings. The molecule has 2 aliphatic rings. The first-order valence-electron chi connectivity index (χ1n) is 9.07. The minimum Gasteiger partial charge on any atom is -0.451 e. The smallest absolute Gasteiger partial charge is 0.289 e. The Bertz CT molecular complexity index is 735. The quantitative estimate of drug-likeness (QED) is 0.851. The second-order valence-electron chi connectivity index (χ2n) is 7.09. The van der Waals surface area contributed by atoms with E-state index in [0.29, 0.717) is 17.6 Å². The molecular formula is C20H24ClFN2O2. The van der Waals surface area contributed by atoms with Crippen molar-refractivity contribution in [3.05, 3.63) is 48.0 Å². The normalized spacial score (nSPS) is 17.8. The van der Waals surface area contributed by atoms with Crippen LogP contribution in [0.5, 0.6) is 0 Å². The van der Waals surface area contributed by atoms with Crippen molar-refractivity contribution in [1.82, 2.24) is 10.2 Å². The van der Waals surface area contributed by atoms with Crippen molar-refractivity contribution in [3.63, 3.8) is 0 Å². The summed E-state index contributed by atoms with van der Waals surface area (Å²) in [5.74, 6) is 1.47. The van der Waals surface area contributed by atoms with Gasteiger partial charge in [-0.15, -0.1) is 12.4 Å². The van der Waals surface area contributed by atoms with Gasteiger partial charge in [0.25, 0.3) is 5.91 Å². The molecule has 0 atom stereocenters. The van der Waals surface area contributed by atoms with E-state index in [0.717, 1.165) is 44.0 Å². The first-order chi connectivity index (χ1) is 12.2. The van der Waals surface area contributed by atoms with Crippen molar-refractivity contribution in [2.75, 3.05) is 19.6 Å². The van der Waals surface area contributed by atoms with E-state index in [4.69, 9.17) is 4.42 Å². The van der Waals surface area contributed by atoms with Crippen LogP contribution < -0.4 is 5.32 Å². The first-order valence-corrected chi connectivity index (χ1v) is 9.07. The Labute approximate surface area is 159 Å². The topological polar surface area (TPSA) is 45.5 Å². The summed E-state index contributed by atoms with van der Waals surface area (Å²) in [6.07, 6.45) is 4.70. The highest BCUT2D eigenvalue weighted by Gasteiger charge is 2.27. The molecule has 2 heterocycles. The van der Waals surface area contributed by atoms with Crippen LogP contribution in [0, 0.1) is 11.7 Å². The molecule has 0 radical (unpaired) electrons. The van der Waals surface area contributed by atoms with Crippen molar-refractivity contribution < 1.29 is 13.6 Å². The van der Waals surface area contributed by atoms with Gasteiger partial charge in [0.15, 0.2) is 5.76 Å². The molecule has 6 heteroatoms. The second kappa shape index (κ2) is 8.23. The van der Waals surface area contributed by atoms with Crippen molar-refractivity contribution in [3.8, 4) is 11.3 Å². The maximum Gasteiger partial charge on any atom is 0.289 e. The number of rotatable bonds is 5. The second-order valence-corrected chi connectivity index (χ2v) is 7.09. The molecule has 26 heavy (non-hydrogen) atoms. The molecule has 1 aliphatic carbocycles. The van der Waals surface area contributed by atoms with Gasteiger partial charge in [-0.05, 0) is 74.5 Å². The lowest BCUT2D eigenvalue weighted by atomic mass is 10.0. The molecule has 140 valence electrons. The fourth-order valence-corrected chi connectivity index (χ4v) is 3.32. The van der Waals surface area contributed by atoms with Crippen molar-refractivity contribution in [1.29, 1.82) is 0 Å². The molecule has 1 aromatic carbocycles. The zero-order chi connectivity index (χ0) is 17.2. The number of nitrogens with zero attached hydrogens (tertiary/aromatic N) is 1. The predicted octanol–water partition coefficient (Wildman–Crippen LogP) is 4.11. The van der Waals surface area contributed by atoms with Gasteiger partial charge in [0.2, 0.25) is 0 Å². The summed E-state index contributed by atoms with van der Waals surface area (Å²) in [5, 5.41) is 3.62. The van der Waals surface area contributed by atoms with E-state index in [9.17, 15) is 9.18 Å². The van der Waals surface area contributed by atoms with E-state index in [-0.39, 0.29) is 24.1 Å². The van der Waals surface area contributed by atoms with E-state index in [2.05, 4.69) is 5.32 Å². The number of halogens is 2. The summed E-state index contributed by atoms with van der Waals surface area (Å²) in [5.41, 5.74) is 0.767. The summed E-state index contributed by atoms with van der Waals surface area (Å²) >= 11 is 0. The van der Waals surface area contributed by atoms with Gasteiger partial charge in [0.05, 0.1) is 0 Å². The Morgan fingerprint density at radius 1 is 1.08 bits per heavy atom. The highest BCUT2D eigenvalue weighted by atomic mass is 35.5. The average molecular weight is 379 g/mol. The van der Waals surface area contributed by atoms with Gasteiger partial charge < -0.3 is 14.6 Å². The van der Waals surface area contributed by atoms with E-state index >= 15 is 0 Å². The average Bonchev–Trinajstić information content (AvgIpc) is 3.35. The molecule has 1 N–H and O–H groups in total. The summed E-state index contributed by atoms with van der Waals surface area (Å²) in [7, 11) is 0. The minimum absolute atomic E-state index is 0. The molecule has 4 nitrogen and oxygen atoms in total. The number of furan rings is 1. The summed E-state index contributed by atoms with van der Waals surface area (Å²) < 4.78 is 18.7. The summed E-state index contributed by atoms with van der Waals surface area (Å²) in [4.78, 5) is 14.5. The molecule has 1 aromatic heterocycles. The number of carbonyl (C=O) groups is 1. The molecule has 4 rings (SSSR count). The third kappa shape index (κ3) is 4.46. The first kappa shape index (κ1) is 18.9. The van der Waals surface area contributed by atoms with E-state index in [1.165, 1.54) is 25.0 Å². The van der Waals surface area contributed by atoms with Crippen LogP contribution in [0.15, 0.2) is 40.8 Å². The molecule has 1 aliphatic heterocycles. The number of benzene rings is 1. The monoisotopic (exact) mass is 378 g/mol. The Morgan fingerprint density at radius 2 is 1.77 bits per heavy atom. The number of nitrogens with one attached hydrogen (secondary N) is 1. The lowest BCUT2D eigenvalue weighted by molar-refractivity contribution is 0.0674. The Hall–Kier alpha value is -1.85. The fraction of sp³-hybridized carbons (Fsp3) is 0.450. The number of likely N-dealkylation sites (tertiary alicyclic amines) is 1. The van der Waals surface area contributed by atoms with Crippen molar-refractivity contribution in [2.24, 2.45) is 5.92 Å². The predicted molar refractivity (Wildman–Crippen MR) is 101 cm³/mol. The zero-order valence-electron chi connectivity index (χ0n) is 14.6. The van der Waals surface area contributed by atoms with E-state index in [1.54, 1.807) is 24.3 Å². The molecule has 2 fully saturated rings. The maximum atomic E-state index is 13.0. The molecule has 0 unspecified atom stereocenters. The van der Waals surface area contributed by atoms with Gasteiger partial charge in [0.1, 0.15) is 11.6 Å². The standard InChI is InChI=1S/C20H23FN2O2.ClH/c21-16-5-3-15(4-6-16)18-7-8-19(25-18)20(24)23-11-9-17(10-12-23)22-13-14-1-2-14;/h3-8,14,17,22H,1-2,9-13H2;1H. The number of amides is 1.